The summed E-state index contributed by atoms with van der Waals surface area (Å²) >= 11 is 0. The van der Waals surface area contributed by atoms with Gasteiger partial charge in [-0.1, -0.05) is 18.2 Å². The van der Waals surface area contributed by atoms with Crippen LogP contribution in [0.4, 0.5) is 4.39 Å². The van der Waals surface area contributed by atoms with E-state index in [-0.39, 0.29) is 15.6 Å². The van der Waals surface area contributed by atoms with Crippen LogP contribution in [0.15, 0.2) is 76.5 Å². The van der Waals surface area contributed by atoms with E-state index >= 15 is 0 Å². The smallest absolute Gasteiger partial charge is 0.206 e. The summed E-state index contributed by atoms with van der Waals surface area (Å²) in [5.41, 5.74) is 2.53. The highest BCUT2D eigenvalue weighted by Gasteiger charge is 2.18. The van der Waals surface area contributed by atoms with Gasteiger partial charge in [-0.2, -0.15) is 5.26 Å². The second-order valence-electron chi connectivity index (χ2n) is 5.63. The summed E-state index contributed by atoms with van der Waals surface area (Å²) in [4.78, 5) is 0.234. The van der Waals surface area contributed by atoms with Crippen LogP contribution in [0.1, 0.15) is 11.1 Å². The maximum atomic E-state index is 13.6. The van der Waals surface area contributed by atoms with E-state index in [9.17, 15) is 12.8 Å². The van der Waals surface area contributed by atoms with Crippen LogP contribution in [-0.4, -0.2) is 8.42 Å². The number of aryl methyl sites for hydroxylation is 1. The fraction of sp³-hybridized carbons (Fsp3) is 0.0500. The Morgan fingerprint density at radius 2 is 1.64 bits per heavy atom. The number of nitrogens with zero attached hydrogens (tertiary/aromatic N) is 1. The lowest BCUT2D eigenvalue weighted by Gasteiger charge is -2.10. The van der Waals surface area contributed by atoms with Crippen LogP contribution in [0.3, 0.4) is 0 Å². The Morgan fingerprint density at radius 3 is 2.32 bits per heavy atom. The predicted octanol–water partition coefficient (Wildman–Crippen LogP) is 4.51. The van der Waals surface area contributed by atoms with E-state index < -0.39 is 9.84 Å². The number of halogens is 1. The van der Waals surface area contributed by atoms with Crippen LogP contribution < -0.4 is 0 Å². The zero-order valence-corrected chi connectivity index (χ0v) is 14.2. The van der Waals surface area contributed by atoms with E-state index in [1.165, 1.54) is 48.5 Å². The van der Waals surface area contributed by atoms with Gasteiger partial charge in [-0.05, 0) is 72.1 Å². The van der Waals surface area contributed by atoms with Crippen LogP contribution in [0.25, 0.3) is 11.1 Å². The second kappa shape index (κ2) is 6.50. The molecule has 0 saturated heterocycles. The van der Waals surface area contributed by atoms with Crippen LogP contribution in [0, 0.1) is 24.1 Å². The van der Waals surface area contributed by atoms with Crippen molar-refractivity contribution in [2.45, 2.75) is 16.7 Å². The SMILES string of the molecule is Cc1ccc(F)cc1-c1cccc(S(=O)(=O)c2ccc(C#N)cc2)c1. The van der Waals surface area contributed by atoms with Crippen molar-refractivity contribution in [3.63, 3.8) is 0 Å². The molecule has 3 nitrogen and oxygen atoms in total. The molecule has 0 N–H and O–H groups in total. The zero-order valence-electron chi connectivity index (χ0n) is 13.4. The summed E-state index contributed by atoms with van der Waals surface area (Å²) in [6.45, 7) is 1.84. The normalized spacial score (nSPS) is 11.1. The van der Waals surface area contributed by atoms with Gasteiger partial charge >= 0.3 is 0 Å². The molecule has 0 amide bonds. The highest BCUT2D eigenvalue weighted by Crippen LogP contribution is 2.29. The molecule has 5 heteroatoms. The Kier molecular flexibility index (Phi) is 4.39. The van der Waals surface area contributed by atoms with Crippen LogP contribution in [-0.2, 0) is 9.84 Å². The number of sulfone groups is 1. The van der Waals surface area contributed by atoms with Gasteiger partial charge in [0.15, 0.2) is 0 Å². The van der Waals surface area contributed by atoms with E-state index in [2.05, 4.69) is 0 Å². The third kappa shape index (κ3) is 3.30. The minimum Gasteiger partial charge on any atom is -0.219 e. The van der Waals surface area contributed by atoms with Gasteiger partial charge in [0.25, 0.3) is 0 Å². The van der Waals surface area contributed by atoms with E-state index in [1.807, 2.05) is 13.0 Å². The van der Waals surface area contributed by atoms with Gasteiger partial charge in [0.05, 0.1) is 21.4 Å². The largest absolute Gasteiger partial charge is 0.219 e. The molecular weight excluding hydrogens is 337 g/mol. The van der Waals surface area contributed by atoms with Crippen LogP contribution in [0.2, 0.25) is 0 Å². The molecule has 0 spiro atoms. The fourth-order valence-electron chi connectivity index (χ4n) is 2.58. The lowest BCUT2D eigenvalue weighted by atomic mass is 10.0. The molecule has 0 fully saturated rings. The second-order valence-corrected chi connectivity index (χ2v) is 7.58. The molecule has 3 aromatic carbocycles. The van der Waals surface area contributed by atoms with Gasteiger partial charge in [-0.25, -0.2) is 12.8 Å². The third-order valence-corrected chi connectivity index (χ3v) is 5.72. The Hall–Kier alpha value is -2.97. The minimum absolute atomic E-state index is 0.111. The van der Waals surface area contributed by atoms with E-state index in [1.54, 1.807) is 18.2 Å². The molecule has 0 aliphatic heterocycles. The molecule has 0 unspecified atom stereocenters. The number of nitriles is 1. The summed E-state index contributed by atoms with van der Waals surface area (Å²) in [5.74, 6) is -0.374. The maximum Gasteiger partial charge on any atom is 0.206 e. The highest BCUT2D eigenvalue weighted by atomic mass is 32.2. The summed E-state index contributed by atoms with van der Waals surface area (Å²) in [6, 6.07) is 18.6. The van der Waals surface area contributed by atoms with Crippen molar-refractivity contribution in [3.8, 4) is 17.2 Å². The lowest BCUT2D eigenvalue weighted by molar-refractivity contribution is 0.596. The average Bonchev–Trinajstić information content (AvgIpc) is 2.64. The van der Waals surface area contributed by atoms with E-state index in [4.69, 9.17) is 5.26 Å². The van der Waals surface area contributed by atoms with Gasteiger partial charge in [-0.15, -0.1) is 0 Å². The van der Waals surface area contributed by atoms with Gasteiger partial charge in [-0.3, -0.25) is 0 Å². The molecule has 3 aromatic rings. The molecule has 0 aliphatic rings. The molecular formula is C20H14FNO2S. The molecule has 25 heavy (non-hydrogen) atoms. The first kappa shape index (κ1) is 16.9. The van der Waals surface area contributed by atoms with E-state index in [0.29, 0.717) is 16.7 Å². The quantitative estimate of drug-likeness (QED) is 0.698. The molecule has 124 valence electrons. The first-order valence-electron chi connectivity index (χ1n) is 7.53. The van der Waals surface area contributed by atoms with Crippen molar-refractivity contribution in [2.24, 2.45) is 0 Å². The number of rotatable bonds is 3. The van der Waals surface area contributed by atoms with E-state index in [0.717, 1.165) is 5.56 Å². The van der Waals surface area contributed by atoms with Crippen molar-refractivity contribution in [1.82, 2.24) is 0 Å². The first-order valence-corrected chi connectivity index (χ1v) is 9.02. The molecule has 0 radical (unpaired) electrons. The molecule has 3 rings (SSSR count). The van der Waals surface area contributed by atoms with Crippen LogP contribution in [0.5, 0.6) is 0 Å². The summed E-state index contributed by atoms with van der Waals surface area (Å²) < 4.78 is 39.2. The predicted molar refractivity (Wildman–Crippen MR) is 93.2 cm³/mol. The van der Waals surface area contributed by atoms with Crippen LogP contribution >= 0.6 is 0 Å². The Balaban J connectivity index is 2.09. The fourth-order valence-corrected chi connectivity index (χ4v) is 3.89. The summed E-state index contributed by atoms with van der Waals surface area (Å²) in [5, 5.41) is 8.83. The molecule has 0 atom stereocenters. The zero-order chi connectivity index (χ0) is 18.0. The third-order valence-electron chi connectivity index (χ3n) is 3.95. The Bertz CT molecular complexity index is 1080. The van der Waals surface area contributed by atoms with Gasteiger partial charge < -0.3 is 0 Å². The van der Waals surface area contributed by atoms with Crippen molar-refractivity contribution >= 4 is 9.84 Å². The first-order chi connectivity index (χ1) is 11.9. The molecule has 0 heterocycles. The minimum atomic E-state index is -3.72. The van der Waals surface area contributed by atoms with Gasteiger partial charge in [0.1, 0.15) is 5.82 Å². The molecule has 0 saturated carbocycles. The molecule has 0 aliphatic carbocycles. The summed E-state index contributed by atoms with van der Waals surface area (Å²) in [7, 11) is -3.72. The molecule has 0 aromatic heterocycles. The average molecular weight is 351 g/mol. The number of benzene rings is 3. The van der Waals surface area contributed by atoms with Gasteiger partial charge in [0.2, 0.25) is 9.84 Å². The number of hydrogen-bond donors (Lipinski definition) is 0. The van der Waals surface area contributed by atoms with Crippen molar-refractivity contribution in [1.29, 1.82) is 5.26 Å². The number of hydrogen-bond acceptors (Lipinski definition) is 3. The van der Waals surface area contributed by atoms with Crippen molar-refractivity contribution in [3.05, 3.63) is 83.7 Å². The Morgan fingerprint density at radius 1 is 0.920 bits per heavy atom. The topological polar surface area (TPSA) is 57.9 Å². The Labute approximate surface area is 145 Å². The van der Waals surface area contributed by atoms with Crippen molar-refractivity contribution in [2.75, 3.05) is 0 Å². The van der Waals surface area contributed by atoms with Crippen molar-refractivity contribution < 1.29 is 12.8 Å². The molecule has 0 bridgehead atoms. The summed E-state index contributed by atoms with van der Waals surface area (Å²) in [6.07, 6.45) is 0. The standard InChI is InChI=1S/C20H14FNO2S/c1-14-5-8-17(21)12-20(14)16-3-2-4-19(11-16)25(23,24)18-9-6-15(13-22)7-10-18/h2-12H,1H3. The van der Waals surface area contributed by atoms with Gasteiger partial charge in [0, 0.05) is 0 Å². The highest BCUT2D eigenvalue weighted by molar-refractivity contribution is 7.91. The lowest BCUT2D eigenvalue weighted by Crippen LogP contribution is -2.02. The monoisotopic (exact) mass is 351 g/mol. The maximum absolute atomic E-state index is 13.6.